The van der Waals surface area contributed by atoms with E-state index in [-0.39, 0.29) is 48.0 Å². The van der Waals surface area contributed by atoms with Gasteiger partial charge in [0.05, 0.1) is 30.9 Å². The Hall–Kier alpha value is -2.88. The number of methoxy groups -OCH3 is 1. The van der Waals surface area contributed by atoms with Crippen LogP contribution in [0.3, 0.4) is 0 Å². The fourth-order valence-electron chi connectivity index (χ4n) is 6.98. The van der Waals surface area contributed by atoms with E-state index in [4.69, 9.17) is 27.9 Å². The Kier molecular flexibility index (Phi) is 6.55. The molecule has 40 heavy (non-hydrogen) atoms. The number of phenolic OH excluding ortho intramolecular Hbond substituents is 1. The van der Waals surface area contributed by atoms with E-state index < -0.39 is 45.2 Å². The molecule has 4 amide bonds. The van der Waals surface area contributed by atoms with Gasteiger partial charge in [0.1, 0.15) is 11.5 Å². The van der Waals surface area contributed by atoms with E-state index in [0.29, 0.717) is 11.3 Å². The highest BCUT2D eigenvalue weighted by Gasteiger charge is 2.76. The van der Waals surface area contributed by atoms with Gasteiger partial charge in [0.25, 0.3) is 11.8 Å². The maximum Gasteiger partial charge on any atom is 0.254 e. The van der Waals surface area contributed by atoms with Crippen molar-refractivity contribution in [2.45, 2.75) is 35.1 Å². The summed E-state index contributed by atoms with van der Waals surface area (Å²) in [5.74, 6) is -4.91. The maximum atomic E-state index is 13.9. The molecular formula is C29H25BrCl2N2O6. The van der Waals surface area contributed by atoms with Crippen LogP contribution in [-0.4, -0.2) is 60.8 Å². The number of halogens is 3. The summed E-state index contributed by atoms with van der Waals surface area (Å²) in [7, 11) is 1.47. The molecule has 6 rings (SSSR count). The number of ether oxygens (including phenoxy) is 1. The first-order chi connectivity index (χ1) is 19.1. The third kappa shape index (κ3) is 3.56. The van der Waals surface area contributed by atoms with E-state index in [1.165, 1.54) is 18.1 Å². The molecule has 3 fully saturated rings. The monoisotopic (exact) mass is 646 g/mol. The Morgan fingerprint density at radius 2 is 1.73 bits per heavy atom. The minimum absolute atomic E-state index is 0.113. The molecule has 208 valence electrons. The van der Waals surface area contributed by atoms with Crippen molar-refractivity contribution in [2.24, 2.45) is 17.8 Å². The van der Waals surface area contributed by atoms with Crippen molar-refractivity contribution in [3.63, 3.8) is 0 Å². The first kappa shape index (κ1) is 27.3. The number of hydrogen-bond donors (Lipinski definition) is 1. The second kappa shape index (κ2) is 9.60. The van der Waals surface area contributed by atoms with E-state index in [1.54, 1.807) is 12.1 Å². The van der Waals surface area contributed by atoms with Crippen molar-refractivity contribution in [1.82, 2.24) is 9.80 Å². The largest absolute Gasteiger partial charge is 0.508 e. The van der Waals surface area contributed by atoms with Gasteiger partial charge < -0.3 is 9.84 Å². The molecule has 0 aromatic heterocycles. The fourth-order valence-corrected chi connectivity index (χ4v) is 8.39. The van der Waals surface area contributed by atoms with Crippen molar-refractivity contribution < 1.29 is 29.0 Å². The number of rotatable bonds is 5. The van der Waals surface area contributed by atoms with Gasteiger partial charge in [-0.2, -0.15) is 0 Å². The lowest BCUT2D eigenvalue weighted by molar-refractivity contribution is -0.141. The summed E-state index contributed by atoms with van der Waals surface area (Å²) >= 11 is 17.6. The molecule has 1 saturated carbocycles. The molecule has 6 atom stereocenters. The molecule has 1 N–H and O–H groups in total. The van der Waals surface area contributed by atoms with E-state index in [1.807, 2.05) is 36.4 Å². The molecule has 0 radical (unpaired) electrons. The molecule has 2 aliphatic carbocycles. The fraction of sp³-hybridized carbons (Fsp3) is 0.379. The Labute approximate surface area is 249 Å². The summed E-state index contributed by atoms with van der Waals surface area (Å²) in [5, 5.41) is 11.0. The third-order valence-electron chi connectivity index (χ3n) is 8.84. The highest BCUT2D eigenvalue weighted by atomic mass is 79.9. The van der Waals surface area contributed by atoms with E-state index in [0.717, 1.165) is 10.5 Å². The number of hydrogen-bond acceptors (Lipinski definition) is 6. The number of likely N-dealkylation sites (tertiary alicyclic amines) is 2. The van der Waals surface area contributed by atoms with Crippen molar-refractivity contribution in [1.29, 1.82) is 0 Å². The lowest BCUT2D eigenvalue weighted by Gasteiger charge is -2.50. The summed E-state index contributed by atoms with van der Waals surface area (Å²) in [6, 6.07) is 13.8. The average Bonchev–Trinajstić information content (AvgIpc) is 3.27. The van der Waals surface area contributed by atoms with Gasteiger partial charge in [-0.3, -0.25) is 29.0 Å². The van der Waals surface area contributed by atoms with Crippen LogP contribution in [-0.2, 0) is 25.7 Å². The Morgan fingerprint density at radius 3 is 2.40 bits per heavy atom. The number of nitrogens with zero attached hydrogens (tertiary/aromatic N) is 2. The van der Waals surface area contributed by atoms with Crippen LogP contribution >= 0.6 is 39.1 Å². The Bertz CT molecular complexity index is 1480. The zero-order chi connectivity index (χ0) is 28.6. The minimum Gasteiger partial charge on any atom is -0.508 e. The van der Waals surface area contributed by atoms with Crippen molar-refractivity contribution >= 4 is 62.8 Å². The standard InChI is InChI=1S/C29H25BrCl2N2O6/c1-40-16-7-10-21(35)19(11-16)23-17-8-9-18-22(25(37)33(24(18)36)13-15-5-3-2-4-6-15)20(17)12-28(31)26(38)34(14-30)27(39)29(23,28)32/h2-8,10-11,18,20,22-23,35H,9,12-14H2,1H3/t18-,20+,22-,23+,28+,29-/m0/s1. The number of benzene rings is 2. The zero-order valence-electron chi connectivity index (χ0n) is 21.4. The van der Waals surface area contributed by atoms with Crippen LogP contribution < -0.4 is 4.74 Å². The summed E-state index contributed by atoms with van der Waals surface area (Å²) < 4.78 is 5.39. The summed E-state index contributed by atoms with van der Waals surface area (Å²) in [6.45, 7) is 0.133. The lowest BCUT2D eigenvalue weighted by Crippen LogP contribution is -2.60. The van der Waals surface area contributed by atoms with Crippen LogP contribution in [0, 0.1) is 17.8 Å². The van der Waals surface area contributed by atoms with Crippen molar-refractivity contribution in [2.75, 3.05) is 12.6 Å². The van der Waals surface area contributed by atoms with Crippen LogP contribution in [0.4, 0.5) is 0 Å². The predicted molar refractivity (Wildman–Crippen MR) is 150 cm³/mol. The quantitative estimate of drug-likeness (QED) is 0.225. The van der Waals surface area contributed by atoms with Crippen LogP contribution in [0.1, 0.15) is 29.9 Å². The molecule has 2 aliphatic heterocycles. The van der Waals surface area contributed by atoms with Crippen molar-refractivity contribution in [3.05, 3.63) is 71.3 Å². The molecule has 0 spiro atoms. The smallest absolute Gasteiger partial charge is 0.254 e. The normalized spacial score (nSPS) is 33.0. The number of fused-ring (bicyclic) bond motifs is 4. The number of imide groups is 2. The molecule has 2 heterocycles. The molecule has 11 heteroatoms. The van der Waals surface area contributed by atoms with Gasteiger partial charge in [-0.15, -0.1) is 23.2 Å². The molecule has 4 aliphatic rings. The van der Waals surface area contributed by atoms with Gasteiger partial charge in [0, 0.05) is 11.5 Å². The molecule has 2 aromatic carbocycles. The van der Waals surface area contributed by atoms with Gasteiger partial charge >= 0.3 is 0 Å². The molecule has 2 aromatic rings. The van der Waals surface area contributed by atoms with Crippen LogP contribution in [0.5, 0.6) is 11.5 Å². The van der Waals surface area contributed by atoms with Crippen LogP contribution in [0.2, 0.25) is 0 Å². The maximum absolute atomic E-state index is 13.9. The number of carbonyl (C=O) groups is 4. The second-order valence-corrected chi connectivity index (χ2v) is 12.4. The minimum atomic E-state index is -1.99. The molecular weight excluding hydrogens is 623 g/mol. The SMILES string of the molecule is COc1ccc(O)c([C@H]2C3=CC[C@@H]4C(=O)N(Cc5ccccc5)C(=O)[C@@H]4[C@@H]3C[C@@]3(Cl)C(=O)N(CBr)C(=O)[C@@]23Cl)c1. The van der Waals surface area contributed by atoms with Crippen LogP contribution in [0.15, 0.2) is 60.2 Å². The predicted octanol–water partition coefficient (Wildman–Crippen LogP) is 4.31. The highest BCUT2D eigenvalue weighted by Crippen LogP contribution is 2.66. The number of phenols is 1. The first-order valence-corrected chi connectivity index (χ1v) is 14.7. The second-order valence-electron chi connectivity index (χ2n) is 10.7. The van der Waals surface area contributed by atoms with E-state index >= 15 is 0 Å². The first-order valence-electron chi connectivity index (χ1n) is 12.8. The summed E-state index contributed by atoms with van der Waals surface area (Å²) in [5.41, 5.74) is 1.56. The zero-order valence-corrected chi connectivity index (χ0v) is 24.4. The summed E-state index contributed by atoms with van der Waals surface area (Å²) in [4.78, 5) is 53.3. The van der Waals surface area contributed by atoms with E-state index in [2.05, 4.69) is 15.9 Å². The van der Waals surface area contributed by atoms with Crippen molar-refractivity contribution in [3.8, 4) is 11.5 Å². The summed E-state index contributed by atoms with van der Waals surface area (Å²) in [6.07, 6.45) is 1.97. The Balaban J connectivity index is 1.50. The molecule has 8 nitrogen and oxygen atoms in total. The number of allylic oxidation sites excluding steroid dienone is 2. The number of alkyl halides is 3. The number of aromatic hydroxyl groups is 1. The van der Waals surface area contributed by atoms with E-state index in [9.17, 15) is 24.3 Å². The highest BCUT2D eigenvalue weighted by molar-refractivity contribution is 9.09. The topological polar surface area (TPSA) is 104 Å². The Morgan fingerprint density at radius 1 is 1.00 bits per heavy atom. The van der Waals surface area contributed by atoms with Gasteiger partial charge in [-0.05, 0) is 42.5 Å². The molecule has 0 bridgehead atoms. The van der Waals surface area contributed by atoms with Gasteiger partial charge in [0.15, 0.2) is 9.75 Å². The average molecular weight is 648 g/mol. The third-order valence-corrected chi connectivity index (χ3v) is 10.8. The van der Waals surface area contributed by atoms with Crippen LogP contribution in [0.25, 0.3) is 0 Å². The van der Waals surface area contributed by atoms with Gasteiger partial charge in [0.2, 0.25) is 11.8 Å². The lowest BCUT2D eigenvalue weighted by atomic mass is 9.56. The molecule has 0 unspecified atom stereocenters. The number of carbonyl (C=O) groups excluding carboxylic acids is 4. The number of amides is 4. The van der Waals surface area contributed by atoms with Gasteiger partial charge in [-0.1, -0.05) is 57.9 Å². The van der Waals surface area contributed by atoms with Gasteiger partial charge in [-0.25, -0.2) is 0 Å². The molecule has 2 saturated heterocycles.